The zero-order valence-corrected chi connectivity index (χ0v) is 8.13. The van der Waals surface area contributed by atoms with Crippen LogP contribution in [0.2, 0.25) is 0 Å². The van der Waals surface area contributed by atoms with E-state index in [1.807, 2.05) is 19.9 Å². The van der Waals surface area contributed by atoms with E-state index in [1.165, 1.54) is 12.7 Å². The van der Waals surface area contributed by atoms with Crippen molar-refractivity contribution in [3.05, 3.63) is 23.4 Å². The summed E-state index contributed by atoms with van der Waals surface area (Å²) in [6.45, 7) is 3.88. The second-order valence-corrected chi connectivity index (χ2v) is 3.03. The fourth-order valence-corrected chi connectivity index (χ4v) is 1.17. The summed E-state index contributed by atoms with van der Waals surface area (Å²) in [7, 11) is 1.36. The van der Waals surface area contributed by atoms with Gasteiger partial charge in [-0.15, -0.1) is 0 Å². The molecule has 1 rings (SSSR count). The molecule has 0 aromatic rings. The topological polar surface area (TPSA) is 38.7 Å². The molecule has 0 aromatic carbocycles. The van der Waals surface area contributed by atoms with Crippen molar-refractivity contribution >= 4 is 11.7 Å². The van der Waals surface area contributed by atoms with Gasteiger partial charge in [0.2, 0.25) is 0 Å². The van der Waals surface area contributed by atoms with Crippen molar-refractivity contribution in [2.24, 2.45) is 4.99 Å². The van der Waals surface area contributed by atoms with Crippen LogP contribution in [0.5, 0.6) is 0 Å². The molecular formula is C10H13NO2. The predicted octanol–water partition coefficient (Wildman–Crippen LogP) is 1.85. The number of hydrogen-bond donors (Lipinski definition) is 0. The Hall–Kier alpha value is -1.38. The Labute approximate surface area is 77.8 Å². The Kier molecular flexibility index (Phi) is 3.01. The highest BCUT2D eigenvalue weighted by atomic mass is 16.5. The molecule has 0 bridgehead atoms. The van der Waals surface area contributed by atoms with E-state index in [0.29, 0.717) is 5.70 Å². The Balaban J connectivity index is 2.92. The molecule has 13 heavy (non-hydrogen) atoms. The average Bonchev–Trinajstić information content (AvgIpc) is 2.25. The van der Waals surface area contributed by atoms with Crippen molar-refractivity contribution in [3.8, 4) is 0 Å². The molecule has 70 valence electrons. The molecule has 0 amide bonds. The molecule has 0 atom stereocenters. The number of esters is 1. The van der Waals surface area contributed by atoms with Crippen molar-refractivity contribution < 1.29 is 9.53 Å². The number of carbonyl (C=O) groups is 1. The van der Waals surface area contributed by atoms with Gasteiger partial charge in [0.15, 0.2) is 0 Å². The van der Waals surface area contributed by atoms with Gasteiger partial charge < -0.3 is 4.74 Å². The molecule has 0 aliphatic carbocycles. The molecule has 0 unspecified atom stereocenters. The first-order chi connectivity index (χ1) is 6.13. The third-order valence-corrected chi connectivity index (χ3v) is 1.76. The lowest BCUT2D eigenvalue weighted by molar-refractivity contribution is -0.136. The summed E-state index contributed by atoms with van der Waals surface area (Å²) in [5.41, 5.74) is 2.43. The summed E-state index contributed by atoms with van der Waals surface area (Å²) >= 11 is 0. The van der Waals surface area contributed by atoms with Gasteiger partial charge in [0.25, 0.3) is 0 Å². The van der Waals surface area contributed by atoms with Crippen LogP contribution in [-0.4, -0.2) is 18.8 Å². The smallest absolute Gasteiger partial charge is 0.356 e. The zero-order valence-electron chi connectivity index (χ0n) is 8.13. The van der Waals surface area contributed by atoms with Crippen LogP contribution in [0.4, 0.5) is 0 Å². The highest BCUT2D eigenvalue weighted by Gasteiger charge is 2.09. The second kappa shape index (κ2) is 4.03. The molecule has 1 heterocycles. The Morgan fingerprint density at radius 3 is 2.85 bits per heavy atom. The lowest BCUT2D eigenvalue weighted by atomic mass is 10.2. The molecule has 0 spiro atoms. The maximum atomic E-state index is 11.2. The maximum Gasteiger partial charge on any atom is 0.356 e. The molecule has 0 N–H and O–H groups in total. The number of hydrogen-bond acceptors (Lipinski definition) is 3. The fourth-order valence-electron chi connectivity index (χ4n) is 1.17. The summed E-state index contributed by atoms with van der Waals surface area (Å²) in [6.07, 6.45) is 4.51. The van der Waals surface area contributed by atoms with Gasteiger partial charge in [0.05, 0.1) is 7.11 Å². The van der Waals surface area contributed by atoms with Gasteiger partial charge in [-0.05, 0) is 32.4 Å². The van der Waals surface area contributed by atoms with E-state index in [9.17, 15) is 4.79 Å². The molecule has 0 saturated carbocycles. The van der Waals surface area contributed by atoms with Crippen LogP contribution in [0.15, 0.2) is 28.4 Å². The number of methoxy groups -OCH3 is 1. The van der Waals surface area contributed by atoms with Gasteiger partial charge in [-0.1, -0.05) is 5.57 Å². The minimum Gasteiger partial charge on any atom is -0.464 e. The molecule has 0 fully saturated rings. The summed E-state index contributed by atoms with van der Waals surface area (Å²) in [5, 5.41) is 0. The average molecular weight is 179 g/mol. The summed E-state index contributed by atoms with van der Waals surface area (Å²) in [6, 6.07) is 0. The predicted molar refractivity (Wildman–Crippen MR) is 51.6 cm³/mol. The summed E-state index contributed by atoms with van der Waals surface area (Å²) < 4.78 is 4.59. The number of allylic oxidation sites excluding steroid dienone is 3. The van der Waals surface area contributed by atoms with Crippen LogP contribution >= 0.6 is 0 Å². The van der Waals surface area contributed by atoms with E-state index >= 15 is 0 Å². The highest BCUT2D eigenvalue weighted by molar-refractivity contribution is 5.99. The monoisotopic (exact) mass is 179 g/mol. The highest BCUT2D eigenvalue weighted by Crippen LogP contribution is 2.12. The Morgan fingerprint density at radius 1 is 1.54 bits per heavy atom. The largest absolute Gasteiger partial charge is 0.464 e. The zero-order chi connectivity index (χ0) is 9.84. The van der Waals surface area contributed by atoms with Crippen LogP contribution in [0.25, 0.3) is 0 Å². The molecule has 1 aliphatic rings. The third kappa shape index (κ3) is 2.54. The van der Waals surface area contributed by atoms with Crippen LogP contribution in [0.3, 0.4) is 0 Å². The summed E-state index contributed by atoms with van der Waals surface area (Å²) in [4.78, 5) is 15.3. The number of nitrogens with zero attached hydrogens (tertiary/aromatic N) is 1. The fraction of sp³-hybridized carbons (Fsp3) is 0.400. The summed E-state index contributed by atoms with van der Waals surface area (Å²) in [5.74, 6) is -0.373. The van der Waals surface area contributed by atoms with Gasteiger partial charge in [0.1, 0.15) is 5.70 Å². The van der Waals surface area contributed by atoms with E-state index < -0.39 is 0 Å². The Morgan fingerprint density at radius 2 is 2.23 bits per heavy atom. The minimum atomic E-state index is -0.373. The third-order valence-electron chi connectivity index (χ3n) is 1.76. The molecule has 0 aromatic heterocycles. The van der Waals surface area contributed by atoms with E-state index in [0.717, 1.165) is 12.1 Å². The molecule has 0 radical (unpaired) electrons. The normalized spacial score (nSPS) is 16.7. The molecule has 3 heteroatoms. The van der Waals surface area contributed by atoms with Gasteiger partial charge in [0, 0.05) is 5.71 Å². The number of rotatable bonds is 1. The lowest BCUT2D eigenvalue weighted by Crippen LogP contribution is -2.03. The van der Waals surface area contributed by atoms with Crippen molar-refractivity contribution in [1.29, 1.82) is 0 Å². The number of aliphatic imine (C=N–C) groups is 1. The van der Waals surface area contributed by atoms with Crippen LogP contribution < -0.4 is 0 Å². The van der Waals surface area contributed by atoms with E-state index in [1.54, 1.807) is 6.08 Å². The molecule has 1 aliphatic heterocycles. The van der Waals surface area contributed by atoms with Crippen molar-refractivity contribution in [2.75, 3.05) is 7.11 Å². The van der Waals surface area contributed by atoms with Crippen LogP contribution in [0, 0.1) is 0 Å². The molecule has 0 saturated heterocycles. The van der Waals surface area contributed by atoms with Crippen molar-refractivity contribution in [2.45, 2.75) is 20.3 Å². The maximum absolute atomic E-state index is 11.2. The van der Waals surface area contributed by atoms with Crippen LogP contribution in [0.1, 0.15) is 20.3 Å². The molecule has 3 nitrogen and oxygen atoms in total. The van der Waals surface area contributed by atoms with Gasteiger partial charge in [-0.2, -0.15) is 0 Å². The standard InChI is InChI=1S/C10H13NO2/c1-7-4-5-9(10(12)13-3)11-8(2)6-7/h5-6H,4H2,1-3H3. The number of ether oxygens (including phenoxy) is 1. The van der Waals surface area contributed by atoms with Crippen LogP contribution in [-0.2, 0) is 9.53 Å². The second-order valence-electron chi connectivity index (χ2n) is 3.03. The lowest BCUT2D eigenvalue weighted by Gasteiger charge is -1.97. The van der Waals surface area contributed by atoms with E-state index in [2.05, 4.69) is 9.73 Å². The quantitative estimate of drug-likeness (QED) is 0.576. The SMILES string of the molecule is COC(=O)C1=CCC(C)=CC(C)=N1. The molecular weight excluding hydrogens is 166 g/mol. The van der Waals surface area contributed by atoms with Gasteiger partial charge in [-0.25, -0.2) is 9.79 Å². The van der Waals surface area contributed by atoms with Gasteiger partial charge in [-0.3, -0.25) is 0 Å². The van der Waals surface area contributed by atoms with Gasteiger partial charge >= 0.3 is 5.97 Å². The van der Waals surface area contributed by atoms with Crippen molar-refractivity contribution in [3.63, 3.8) is 0 Å². The Bertz CT molecular complexity index is 311. The first-order valence-corrected chi connectivity index (χ1v) is 4.14. The first kappa shape index (κ1) is 9.71. The van der Waals surface area contributed by atoms with E-state index in [-0.39, 0.29) is 5.97 Å². The minimum absolute atomic E-state index is 0.373. The van der Waals surface area contributed by atoms with Crippen molar-refractivity contribution in [1.82, 2.24) is 0 Å². The van der Waals surface area contributed by atoms with E-state index in [4.69, 9.17) is 0 Å². The first-order valence-electron chi connectivity index (χ1n) is 4.14. The number of carbonyl (C=O) groups excluding carboxylic acids is 1.